The number of nitrogens with one attached hydrogen (secondary N) is 1. The van der Waals surface area contributed by atoms with Crippen LogP contribution in [0, 0.1) is 5.82 Å². The summed E-state index contributed by atoms with van der Waals surface area (Å²) in [5.41, 5.74) is 6.10. The van der Waals surface area contributed by atoms with Crippen LogP contribution in [0.1, 0.15) is 23.7 Å². The van der Waals surface area contributed by atoms with E-state index in [1.165, 1.54) is 30.5 Å². The fourth-order valence-corrected chi connectivity index (χ4v) is 6.23. The van der Waals surface area contributed by atoms with Crippen LogP contribution >= 0.6 is 0 Å². The number of aromatic nitrogens is 1. The normalized spacial score (nSPS) is 11.8. The second-order valence-electron chi connectivity index (χ2n) is 10.8. The van der Waals surface area contributed by atoms with E-state index in [2.05, 4.69) is 35.0 Å². The van der Waals surface area contributed by atoms with Crippen molar-refractivity contribution in [3.63, 3.8) is 0 Å². The lowest BCUT2D eigenvalue weighted by atomic mass is 9.96. The fraction of sp³-hybridized carbons (Fsp3) is 0.171. The quantitative estimate of drug-likeness (QED) is 0.192. The number of hydrogen-bond acceptors (Lipinski definition) is 4. The van der Waals surface area contributed by atoms with E-state index in [-0.39, 0.29) is 17.2 Å². The maximum absolute atomic E-state index is 13.7. The molecular weight excluding hydrogens is 577 g/mol. The summed E-state index contributed by atoms with van der Waals surface area (Å²) in [6.45, 7) is 2.99. The molecule has 2 aromatic heterocycles. The Bertz CT molecular complexity index is 2150. The summed E-state index contributed by atoms with van der Waals surface area (Å²) in [6.07, 6.45) is 2.10. The highest BCUT2D eigenvalue weighted by Gasteiger charge is 2.26. The van der Waals surface area contributed by atoms with Gasteiger partial charge in [0.15, 0.2) is 0 Å². The second kappa shape index (κ2) is 11.3. The van der Waals surface area contributed by atoms with Gasteiger partial charge in [-0.15, -0.1) is 0 Å². The van der Waals surface area contributed by atoms with E-state index >= 15 is 0 Å². The summed E-state index contributed by atoms with van der Waals surface area (Å²) in [5, 5.41) is 4.33. The average molecular weight is 610 g/mol. The Labute approximate surface area is 255 Å². The third kappa shape index (κ3) is 5.13. The van der Waals surface area contributed by atoms with Crippen LogP contribution in [-0.4, -0.2) is 39.2 Å². The third-order valence-corrected chi connectivity index (χ3v) is 9.12. The molecule has 6 aromatic rings. The van der Waals surface area contributed by atoms with Crippen molar-refractivity contribution in [3.8, 4) is 33.7 Å². The van der Waals surface area contributed by atoms with E-state index in [1.54, 1.807) is 24.3 Å². The van der Waals surface area contributed by atoms with Crippen LogP contribution in [0.3, 0.4) is 0 Å². The second-order valence-corrected chi connectivity index (χ2v) is 12.8. The van der Waals surface area contributed by atoms with Gasteiger partial charge in [-0.05, 0) is 66.1 Å². The van der Waals surface area contributed by atoms with Crippen molar-refractivity contribution in [2.45, 2.75) is 19.9 Å². The number of furan rings is 1. The summed E-state index contributed by atoms with van der Waals surface area (Å²) in [7, 11) is -0.642. The Hall–Kier alpha value is -4.89. The molecule has 6 rings (SSSR count). The third-order valence-electron chi connectivity index (χ3n) is 7.93. The predicted octanol–water partition coefficient (Wildman–Crippen LogP) is 7.69. The Morgan fingerprint density at radius 2 is 1.66 bits per heavy atom. The van der Waals surface area contributed by atoms with Gasteiger partial charge in [0, 0.05) is 59.8 Å². The van der Waals surface area contributed by atoms with Gasteiger partial charge in [0.2, 0.25) is 10.0 Å². The maximum atomic E-state index is 13.7. The summed E-state index contributed by atoms with van der Waals surface area (Å²) < 4.78 is 49.1. The van der Waals surface area contributed by atoms with Crippen LogP contribution in [0.4, 0.5) is 10.1 Å². The molecule has 1 amide bonds. The number of sulfonamides is 1. The Balaban J connectivity index is 1.62. The first kappa shape index (κ1) is 29.2. The lowest BCUT2D eigenvalue weighted by molar-refractivity contribution is 0.0964. The molecule has 0 fully saturated rings. The molecule has 0 spiro atoms. The highest BCUT2D eigenvalue weighted by Crippen LogP contribution is 2.42. The number of aryl methyl sites for hydroxylation is 1. The molecule has 0 aliphatic heterocycles. The minimum absolute atomic E-state index is 0.266. The van der Waals surface area contributed by atoms with E-state index < -0.39 is 15.8 Å². The number of benzene rings is 4. The van der Waals surface area contributed by atoms with Crippen LogP contribution < -0.4 is 9.62 Å². The number of amides is 1. The van der Waals surface area contributed by atoms with Crippen LogP contribution in [0.25, 0.3) is 55.6 Å². The number of anilines is 1. The first-order chi connectivity index (χ1) is 21.1. The molecule has 224 valence electrons. The van der Waals surface area contributed by atoms with Crippen LogP contribution in [0.2, 0.25) is 0 Å². The first-order valence-electron chi connectivity index (χ1n) is 14.3. The van der Waals surface area contributed by atoms with Crippen molar-refractivity contribution in [1.82, 2.24) is 9.88 Å². The first-order valence-corrected chi connectivity index (χ1v) is 16.2. The largest absolute Gasteiger partial charge is 0.455 e. The minimum Gasteiger partial charge on any atom is -0.455 e. The Morgan fingerprint density at radius 3 is 2.36 bits per heavy atom. The van der Waals surface area contributed by atoms with E-state index in [1.807, 2.05) is 36.4 Å². The number of halogens is 1. The van der Waals surface area contributed by atoms with Crippen LogP contribution in [0.5, 0.6) is 0 Å². The van der Waals surface area contributed by atoms with Crippen molar-refractivity contribution in [3.05, 3.63) is 102 Å². The van der Waals surface area contributed by atoms with Gasteiger partial charge >= 0.3 is 0 Å². The molecule has 0 atom stereocenters. The highest BCUT2D eigenvalue weighted by molar-refractivity contribution is 7.92. The van der Waals surface area contributed by atoms with Crippen molar-refractivity contribution in [2.24, 2.45) is 0 Å². The summed E-state index contributed by atoms with van der Waals surface area (Å²) in [6, 6.07) is 27.5. The van der Waals surface area contributed by atoms with Crippen LogP contribution in [-0.2, 0) is 16.6 Å². The lowest BCUT2D eigenvalue weighted by Gasteiger charge is -2.21. The number of nitrogens with zero attached hydrogens (tertiary/aromatic N) is 2. The SMILES string of the molecule is CCCn1c(-c2cccc(-c3cc4c(C(=O)NC)c(-c5ccc(F)cc5)oc4cc3N(C)S(C)(=O)=O)c2)cc2ccccc21. The molecule has 0 radical (unpaired) electrons. The van der Waals surface area contributed by atoms with Crippen LogP contribution in [0.15, 0.2) is 95.4 Å². The molecule has 0 unspecified atom stereocenters. The number of carbonyl (C=O) groups excluding carboxylic acids is 1. The fourth-order valence-electron chi connectivity index (χ4n) is 5.72. The average Bonchev–Trinajstić information content (AvgIpc) is 3.58. The molecule has 0 aliphatic carbocycles. The summed E-state index contributed by atoms with van der Waals surface area (Å²) in [4.78, 5) is 13.2. The molecule has 1 N–H and O–H groups in total. The molecule has 0 saturated carbocycles. The van der Waals surface area contributed by atoms with Gasteiger partial charge in [-0.2, -0.15) is 0 Å². The number of hydrogen-bond donors (Lipinski definition) is 1. The van der Waals surface area contributed by atoms with Gasteiger partial charge in [0.1, 0.15) is 17.2 Å². The highest BCUT2D eigenvalue weighted by atomic mass is 32.2. The van der Waals surface area contributed by atoms with Gasteiger partial charge in [-0.25, -0.2) is 12.8 Å². The zero-order chi connectivity index (χ0) is 31.2. The van der Waals surface area contributed by atoms with Crippen molar-refractivity contribution in [2.75, 3.05) is 24.7 Å². The molecule has 9 heteroatoms. The molecule has 0 bridgehead atoms. The van der Waals surface area contributed by atoms with E-state index in [4.69, 9.17) is 4.42 Å². The summed E-state index contributed by atoms with van der Waals surface area (Å²) >= 11 is 0. The molecule has 44 heavy (non-hydrogen) atoms. The molecule has 2 heterocycles. The van der Waals surface area contributed by atoms with Gasteiger partial charge in [-0.3, -0.25) is 9.10 Å². The topological polar surface area (TPSA) is 84.6 Å². The van der Waals surface area contributed by atoms with Crippen molar-refractivity contribution < 1.29 is 22.0 Å². The van der Waals surface area contributed by atoms with E-state index in [0.29, 0.717) is 27.8 Å². The number of para-hydroxylation sites is 1. The number of fused-ring (bicyclic) bond motifs is 2. The zero-order valence-electron chi connectivity index (χ0n) is 24.9. The Kier molecular flexibility index (Phi) is 7.51. The monoisotopic (exact) mass is 609 g/mol. The van der Waals surface area contributed by atoms with Crippen molar-refractivity contribution in [1.29, 1.82) is 0 Å². The van der Waals surface area contributed by atoms with Gasteiger partial charge in [0.25, 0.3) is 5.91 Å². The zero-order valence-corrected chi connectivity index (χ0v) is 25.7. The summed E-state index contributed by atoms with van der Waals surface area (Å²) in [5.74, 6) is -0.526. The van der Waals surface area contributed by atoms with E-state index in [9.17, 15) is 17.6 Å². The molecule has 7 nitrogen and oxygen atoms in total. The molecular formula is C35H32FN3O4S. The predicted molar refractivity (Wildman–Crippen MR) is 175 cm³/mol. The van der Waals surface area contributed by atoms with Crippen molar-refractivity contribution >= 4 is 43.5 Å². The lowest BCUT2D eigenvalue weighted by Crippen LogP contribution is -2.25. The maximum Gasteiger partial charge on any atom is 0.255 e. The number of carbonyl (C=O) groups is 1. The molecule has 4 aromatic carbocycles. The van der Waals surface area contributed by atoms with E-state index in [0.717, 1.165) is 46.9 Å². The van der Waals surface area contributed by atoms with Gasteiger partial charge < -0.3 is 14.3 Å². The molecule has 0 saturated heterocycles. The minimum atomic E-state index is -3.66. The standard InChI is InChI=1S/C35H32FN3O4S/c1-5-17-39-29-12-7-6-9-25(29)19-30(39)24-11-8-10-23(18-24)27-20-28-32(21-31(27)38(3)44(4,41)42)43-34(33(28)35(40)37-2)22-13-15-26(36)16-14-22/h6-16,18-21H,5,17H2,1-4H3,(H,37,40). The smallest absolute Gasteiger partial charge is 0.255 e. The number of rotatable bonds is 8. The van der Waals surface area contributed by atoms with Gasteiger partial charge in [-0.1, -0.05) is 43.3 Å². The Morgan fingerprint density at radius 1 is 0.932 bits per heavy atom. The van der Waals surface area contributed by atoms with Gasteiger partial charge in [0.05, 0.1) is 17.5 Å². The molecule has 0 aliphatic rings.